The Balaban J connectivity index is 2.11. The van der Waals surface area contributed by atoms with E-state index < -0.39 is 10.0 Å². The summed E-state index contributed by atoms with van der Waals surface area (Å²) in [5.74, 6) is 0.323. The molecule has 1 heterocycles. The van der Waals surface area contributed by atoms with Gasteiger partial charge in [0.05, 0.1) is 31.2 Å². The third kappa shape index (κ3) is 4.64. The van der Waals surface area contributed by atoms with Crippen LogP contribution in [0.5, 0.6) is 11.5 Å². The molecule has 9 nitrogen and oxygen atoms in total. The van der Waals surface area contributed by atoms with Crippen LogP contribution in [0.3, 0.4) is 0 Å². The van der Waals surface area contributed by atoms with Crippen molar-refractivity contribution in [3.63, 3.8) is 0 Å². The SMILES string of the molecule is COc1ccc(C)cc1NS(=O)(=O)c1cc(-c2c(C)noc2NC(C)=O)ccc1OC. The number of amides is 1. The van der Waals surface area contributed by atoms with Gasteiger partial charge in [0.2, 0.25) is 11.8 Å². The normalized spacial score (nSPS) is 11.1. The average molecular weight is 445 g/mol. The molecule has 3 aromatic rings. The number of nitrogens with one attached hydrogen (secondary N) is 2. The molecule has 0 unspecified atom stereocenters. The van der Waals surface area contributed by atoms with E-state index >= 15 is 0 Å². The van der Waals surface area contributed by atoms with Crippen LogP contribution in [0.15, 0.2) is 45.8 Å². The summed E-state index contributed by atoms with van der Waals surface area (Å²) in [6.07, 6.45) is 0. The van der Waals surface area contributed by atoms with Gasteiger partial charge in [0, 0.05) is 6.92 Å². The van der Waals surface area contributed by atoms with Gasteiger partial charge in [-0.2, -0.15) is 0 Å². The van der Waals surface area contributed by atoms with E-state index in [4.69, 9.17) is 14.0 Å². The Labute approximate surface area is 180 Å². The van der Waals surface area contributed by atoms with Crippen LogP contribution >= 0.6 is 0 Å². The Morgan fingerprint density at radius 3 is 2.35 bits per heavy atom. The molecule has 164 valence electrons. The molecule has 0 radical (unpaired) electrons. The van der Waals surface area contributed by atoms with Gasteiger partial charge < -0.3 is 14.0 Å². The van der Waals surface area contributed by atoms with E-state index in [2.05, 4.69) is 15.2 Å². The van der Waals surface area contributed by atoms with E-state index in [0.717, 1.165) is 5.56 Å². The number of ether oxygens (including phenoxy) is 2. The Kier molecular flexibility index (Phi) is 6.21. The second-order valence-corrected chi connectivity index (χ2v) is 8.48. The van der Waals surface area contributed by atoms with Crippen molar-refractivity contribution in [1.29, 1.82) is 0 Å². The zero-order valence-electron chi connectivity index (χ0n) is 17.8. The highest BCUT2D eigenvalue weighted by atomic mass is 32.2. The average Bonchev–Trinajstić information content (AvgIpc) is 3.06. The van der Waals surface area contributed by atoms with Gasteiger partial charge in [-0.05, 0) is 49.2 Å². The van der Waals surface area contributed by atoms with E-state index in [1.807, 2.05) is 13.0 Å². The first kappa shape index (κ1) is 22.2. The molecular formula is C21H23N3O6S. The van der Waals surface area contributed by atoms with Crippen molar-refractivity contribution < 1.29 is 27.2 Å². The van der Waals surface area contributed by atoms with E-state index in [-0.39, 0.29) is 22.4 Å². The number of carbonyl (C=O) groups is 1. The summed E-state index contributed by atoms with van der Waals surface area (Å²) in [7, 11) is -1.22. The number of rotatable bonds is 7. The monoisotopic (exact) mass is 445 g/mol. The number of sulfonamides is 1. The molecule has 0 fully saturated rings. The lowest BCUT2D eigenvalue weighted by Crippen LogP contribution is -2.15. The fourth-order valence-corrected chi connectivity index (χ4v) is 4.36. The predicted octanol–water partition coefficient (Wildman–Crippen LogP) is 3.73. The Morgan fingerprint density at radius 1 is 1.03 bits per heavy atom. The van der Waals surface area contributed by atoms with Crippen LogP contribution in [-0.4, -0.2) is 33.7 Å². The fourth-order valence-electron chi connectivity index (χ4n) is 3.10. The van der Waals surface area contributed by atoms with Gasteiger partial charge in [-0.3, -0.25) is 14.8 Å². The van der Waals surface area contributed by atoms with Gasteiger partial charge in [-0.25, -0.2) is 8.42 Å². The topological polar surface area (TPSA) is 120 Å². The van der Waals surface area contributed by atoms with Crippen molar-refractivity contribution >= 4 is 27.5 Å². The standard InChI is InChI=1S/C21H23N3O6S/c1-12-6-8-17(28-4)16(10-12)24-31(26,27)19-11-15(7-9-18(19)29-5)20-13(2)23-30-21(20)22-14(3)25/h6-11,24H,1-5H3,(H,22,25). The van der Waals surface area contributed by atoms with E-state index in [1.54, 1.807) is 25.1 Å². The molecule has 31 heavy (non-hydrogen) atoms. The Morgan fingerprint density at radius 2 is 1.71 bits per heavy atom. The number of nitrogens with zero attached hydrogens (tertiary/aromatic N) is 1. The molecule has 0 aliphatic rings. The third-order valence-electron chi connectivity index (χ3n) is 4.49. The highest BCUT2D eigenvalue weighted by Gasteiger charge is 2.24. The molecule has 0 saturated heterocycles. The maximum absolute atomic E-state index is 13.3. The smallest absolute Gasteiger partial charge is 0.265 e. The van der Waals surface area contributed by atoms with Crippen molar-refractivity contribution in [3.8, 4) is 22.6 Å². The summed E-state index contributed by atoms with van der Waals surface area (Å²) in [5, 5.41) is 6.44. The zero-order chi connectivity index (χ0) is 22.8. The van der Waals surface area contributed by atoms with Crippen molar-refractivity contribution in [1.82, 2.24) is 5.16 Å². The Hall–Kier alpha value is -3.53. The minimum atomic E-state index is -4.06. The maximum atomic E-state index is 13.3. The van der Waals surface area contributed by atoms with Crippen LogP contribution in [0.2, 0.25) is 0 Å². The van der Waals surface area contributed by atoms with Gasteiger partial charge in [0.1, 0.15) is 16.4 Å². The summed E-state index contributed by atoms with van der Waals surface area (Å²) in [4.78, 5) is 11.4. The predicted molar refractivity (Wildman–Crippen MR) is 116 cm³/mol. The van der Waals surface area contributed by atoms with E-state index in [0.29, 0.717) is 28.3 Å². The highest BCUT2D eigenvalue weighted by Crippen LogP contribution is 2.37. The summed E-state index contributed by atoms with van der Waals surface area (Å²) < 4.78 is 44.9. The van der Waals surface area contributed by atoms with Crippen molar-refractivity contribution in [2.75, 3.05) is 24.3 Å². The molecule has 2 aromatic carbocycles. The maximum Gasteiger partial charge on any atom is 0.265 e. The number of carbonyl (C=O) groups excluding carboxylic acids is 1. The number of aryl methyl sites for hydroxylation is 2. The summed E-state index contributed by atoms with van der Waals surface area (Å²) >= 11 is 0. The molecule has 0 atom stereocenters. The molecule has 1 amide bonds. The molecule has 2 N–H and O–H groups in total. The highest BCUT2D eigenvalue weighted by molar-refractivity contribution is 7.92. The zero-order valence-corrected chi connectivity index (χ0v) is 18.6. The van der Waals surface area contributed by atoms with Gasteiger partial charge in [0.25, 0.3) is 10.0 Å². The van der Waals surface area contributed by atoms with Gasteiger partial charge in [-0.15, -0.1) is 0 Å². The van der Waals surface area contributed by atoms with Crippen LogP contribution < -0.4 is 19.5 Å². The van der Waals surface area contributed by atoms with Crippen LogP contribution in [0, 0.1) is 13.8 Å². The lowest BCUT2D eigenvalue weighted by atomic mass is 10.1. The molecule has 0 saturated carbocycles. The second-order valence-electron chi connectivity index (χ2n) is 6.83. The first-order valence-electron chi connectivity index (χ1n) is 9.26. The van der Waals surface area contributed by atoms with Crippen molar-refractivity contribution in [2.24, 2.45) is 0 Å². The van der Waals surface area contributed by atoms with Crippen LogP contribution in [0.25, 0.3) is 11.1 Å². The number of aromatic nitrogens is 1. The van der Waals surface area contributed by atoms with Gasteiger partial charge >= 0.3 is 0 Å². The number of hydrogen-bond donors (Lipinski definition) is 2. The minimum absolute atomic E-state index is 0.0922. The summed E-state index contributed by atoms with van der Waals surface area (Å²) in [6, 6.07) is 9.80. The molecule has 0 bridgehead atoms. The molecule has 0 spiro atoms. The first-order chi connectivity index (χ1) is 14.7. The van der Waals surface area contributed by atoms with E-state index in [1.165, 1.54) is 33.3 Å². The van der Waals surface area contributed by atoms with Crippen molar-refractivity contribution in [2.45, 2.75) is 25.7 Å². The lowest BCUT2D eigenvalue weighted by molar-refractivity contribution is -0.114. The minimum Gasteiger partial charge on any atom is -0.495 e. The molecule has 0 aliphatic carbocycles. The van der Waals surface area contributed by atoms with Crippen molar-refractivity contribution in [3.05, 3.63) is 47.7 Å². The number of hydrogen-bond acceptors (Lipinski definition) is 7. The Bertz CT molecular complexity index is 1230. The van der Waals surface area contributed by atoms with Crippen LogP contribution in [0.4, 0.5) is 11.6 Å². The summed E-state index contributed by atoms with van der Waals surface area (Å²) in [6.45, 7) is 4.87. The quantitative estimate of drug-likeness (QED) is 0.568. The molecule has 3 rings (SSSR count). The molecular weight excluding hydrogens is 422 g/mol. The number of anilines is 2. The number of benzene rings is 2. The van der Waals surface area contributed by atoms with Crippen LogP contribution in [0.1, 0.15) is 18.2 Å². The second kappa shape index (κ2) is 8.68. The number of methoxy groups -OCH3 is 2. The van der Waals surface area contributed by atoms with Gasteiger partial charge in [-0.1, -0.05) is 17.3 Å². The van der Waals surface area contributed by atoms with Gasteiger partial charge in [0.15, 0.2) is 0 Å². The summed E-state index contributed by atoms with van der Waals surface area (Å²) in [5.41, 5.74) is 2.61. The van der Waals surface area contributed by atoms with Crippen LogP contribution in [-0.2, 0) is 14.8 Å². The van der Waals surface area contributed by atoms with E-state index in [9.17, 15) is 13.2 Å². The third-order valence-corrected chi connectivity index (χ3v) is 5.88. The molecule has 0 aliphatic heterocycles. The first-order valence-corrected chi connectivity index (χ1v) is 10.7. The molecule has 1 aromatic heterocycles. The largest absolute Gasteiger partial charge is 0.495 e. The molecule has 10 heteroatoms. The fraction of sp³-hybridized carbons (Fsp3) is 0.238. The lowest BCUT2D eigenvalue weighted by Gasteiger charge is -2.15.